The van der Waals surface area contributed by atoms with Crippen LogP contribution in [0.15, 0.2) is 28.7 Å². The van der Waals surface area contributed by atoms with E-state index in [2.05, 4.69) is 66.3 Å². The first-order valence-corrected chi connectivity index (χ1v) is 7.38. The van der Waals surface area contributed by atoms with Crippen molar-refractivity contribution in [1.82, 2.24) is 5.32 Å². The molecule has 0 aliphatic carbocycles. The maximum absolute atomic E-state index is 3.62. The molecule has 2 heteroatoms. The zero-order valence-corrected chi connectivity index (χ0v) is 12.8. The number of hydrogen-bond donors (Lipinski definition) is 1. The van der Waals surface area contributed by atoms with Gasteiger partial charge in [-0.2, -0.15) is 0 Å². The van der Waals surface area contributed by atoms with Crippen LogP contribution in [0.5, 0.6) is 0 Å². The van der Waals surface area contributed by atoms with Gasteiger partial charge in [-0.05, 0) is 49.4 Å². The average molecular weight is 298 g/mol. The molecule has 0 spiro atoms. The molecule has 0 aliphatic rings. The summed E-state index contributed by atoms with van der Waals surface area (Å²) >= 11 is 3.62. The Bertz CT molecular complexity index is 324. The summed E-state index contributed by atoms with van der Waals surface area (Å²) in [5.41, 5.74) is 1.42. The minimum Gasteiger partial charge on any atom is -0.316 e. The Morgan fingerprint density at radius 2 is 1.88 bits per heavy atom. The lowest BCUT2D eigenvalue weighted by Gasteiger charge is -2.21. The summed E-state index contributed by atoms with van der Waals surface area (Å²) in [4.78, 5) is 0. The summed E-state index contributed by atoms with van der Waals surface area (Å²) in [6.07, 6.45) is 2.36. The molecule has 0 saturated heterocycles. The van der Waals surface area contributed by atoms with Crippen molar-refractivity contribution in [3.63, 3.8) is 0 Å². The average Bonchev–Trinajstić information content (AvgIpc) is 2.32. The molecule has 0 aromatic heterocycles. The molecule has 2 atom stereocenters. The van der Waals surface area contributed by atoms with Gasteiger partial charge in [-0.25, -0.2) is 0 Å². The van der Waals surface area contributed by atoms with Crippen LogP contribution in [0.2, 0.25) is 0 Å². The highest BCUT2D eigenvalue weighted by atomic mass is 79.9. The molecule has 0 bridgehead atoms. The smallest absolute Gasteiger partial charge is 0.0207 e. The molecular formula is C15H24BrN. The van der Waals surface area contributed by atoms with Gasteiger partial charge in [0, 0.05) is 4.47 Å². The number of rotatable bonds is 7. The highest BCUT2D eigenvalue weighted by Crippen LogP contribution is 2.22. The standard InChI is InChI=1S/C15H24BrN/c1-4-9-17-11-13(3)12(2)10-14-7-5-6-8-15(14)16/h5-8,12-13,17H,4,9-11H2,1-3H3. The van der Waals surface area contributed by atoms with Crippen molar-refractivity contribution in [2.24, 2.45) is 11.8 Å². The summed E-state index contributed by atoms with van der Waals surface area (Å²) in [5, 5.41) is 3.50. The van der Waals surface area contributed by atoms with Gasteiger partial charge in [0.1, 0.15) is 0 Å². The molecule has 0 fully saturated rings. The van der Waals surface area contributed by atoms with Crippen molar-refractivity contribution in [3.8, 4) is 0 Å². The van der Waals surface area contributed by atoms with Crippen LogP contribution in [0.3, 0.4) is 0 Å². The van der Waals surface area contributed by atoms with Crippen LogP contribution < -0.4 is 5.32 Å². The molecule has 96 valence electrons. The van der Waals surface area contributed by atoms with E-state index < -0.39 is 0 Å². The van der Waals surface area contributed by atoms with E-state index >= 15 is 0 Å². The lowest BCUT2D eigenvalue weighted by atomic mass is 9.89. The van der Waals surface area contributed by atoms with Crippen molar-refractivity contribution in [1.29, 1.82) is 0 Å². The molecule has 1 N–H and O–H groups in total. The molecule has 1 rings (SSSR count). The van der Waals surface area contributed by atoms with Gasteiger partial charge in [0.05, 0.1) is 0 Å². The predicted molar refractivity (Wildman–Crippen MR) is 79.3 cm³/mol. The molecule has 0 amide bonds. The fourth-order valence-corrected chi connectivity index (χ4v) is 2.37. The second-order valence-electron chi connectivity index (χ2n) is 4.95. The third kappa shape index (κ3) is 5.22. The maximum Gasteiger partial charge on any atom is 0.0207 e. The Morgan fingerprint density at radius 3 is 2.53 bits per heavy atom. The third-order valence-corrected chi connectivity index (χ3v) is 4.14. The molecular weight excluding hydrogens is 274 g/mol. The first kappa shape index (κ1) is 14.7. The van der Waals surface area contributed by atoms with E-state index in [1.54, 1.807) is 0 Å². The lowest BCUT2D eigenvalue weighted by molar-refractivity contribution is 0.365. The molecule has 0 heterocycles. The zero-order valence-electron chi connectivity index (χ0n) is 11.2. The molecule has 1 aromatic rings. The van der Waals surface area contributed by atoms with Gasteiger partial charge in [-0.3, -0.25) is 0 Å². The zero-order chi connectivity index (χ0) is 12.7. The largest absolute Gasteiger partial charge is 0.316 e. The van der Waals surface area contributed by atoms with Gasteiger partial charge < -0.3 is 5.32 Å². The van der Waals surface area contributed by atoms with Gasteiger partial charge in [0.2, 0.25) is 0 Å². The van der Waals surface area contributed by atoms with Crippen molar-refractivity contribution in [2.75, 3.05) is 13.1 Å². The summed E-state index contributed by atoms with van der Waals surface area (Å²) in [5.74, 6) is 1.42. The Kier molecular flexibility index (Phi) is 6.83. The monoisotopic (exact) mass is 297 g/mol. The SMILES string of the molecule is CCCNCC(C)C(C)Cc1ccccc1Br. The fraction of sp³-hybridized carbons (Fsp3) is 0.600. The molecule has 0 saturated carbocycles. The number of halogens is 1. The summed E-state index contributed by atoms with van der Waals surface area (Å²) in [6, 6.07) is 8.53. The van der Waals surface area contributed by atoms with Gasteiger partial charge in [-0.15, -0.1) is 0 Å². The summed E-state index contributed by atoms with van der Waals surface area (Å²) < 4.78 is 1.24. The van der Waals surface area contributed by atoms with E-state index in [0.29, 0.717) is 11.8 Å². The Balaban J connectivity index is 2.43. The lowest BCUT2D eigenvalue weighted by Crippen LogP contribution is -2.26. The van der Waals surface area contributed by atoms with E-state index in [4.69, 9.17) is 0 Å². The van der Waals surface area contributed by atoms with Crippen molar-refractivity contribution in [2.45, 2.75) is 33.6 Å². The fourth-order valence-electron chi connectivity index (χ4n) is 1.92. The Morgan fingerprint density at radius 1 is 1.18 bits per heavy atom. The first-order valence-electron chi connectivity index (χ1n) is 6.59. The van der Waals surface area contributed by atoms with Gasteiger partial charge in [0.15, 0.2) is 0 Å². The highest BCUT2D eigenvalue weighted by Gasteiger charge is 2.13. The van der Waals surface area contributed by atoms with Crippen molar-refractivity contribution < 1.29 is 0 Å². The molecule has 1 aromatic carbocycles. The Labute approximate surface area is 114 Å². The van der Waals surface area contributed by atoms with Crippen LogP contribution in [-0.2, 0) is 6.42 Å². The minimum absolute atomic E-state index is 0.707. The Hall–Kier alpha value is -0.340. The topological polar surface area (TPSA) is 12.0 Å². The highest BCUT2D eigenvalue weighted by molar-refractivity contribution is 9.10. The van der Waals surface area contributed by atoms with Crippen LogP contribution >= 0.6 is 15.9 Å². The van der Waals surface area contributed by atoms with E-state index in [1.807, 2.05) is 0 Å². The minimum atomic E-state index is 0.707. The van der Waals surface area contributed by atoms with Crippen LogP contribution in [0.4, 0.5) is 0 Å². The van der Waals surface area contributed by atoms with Gasteiger partial charge >= 0.3 is 0 Å². The van der Waals surface area contributed by atoms with Crippen molar-refractivity contribution in [3.05, 3.63) is 34.3 Å². The van der Waals surface area contributed by atoms with Crippen molar-refractivity contribution >= 4 is 15.9 Å². The number of nitrogens with one attached hydrogen (secondary N) is 1. The van der Waals surface area contributed by atoms with Crippen LogP contribution in [0, 0.1) is 11.8 Å². The molecule has 2 unspecified atom stereocenters. The summed E-state index contributed by atoms with van der Waals surface area (Å²) in [7, 11) is 0. The molecule has 0 aliphatic heterocycles. The number of benzene rings is 1. The van der Waals surface area contributed by atoms with Crippen LogP contribution in [0.1, 0.15) is 32.8 Å². The first-order chi connectivity index (χ1) is 8.15. The molecule has 0 radical (unpaired) electrons. The molecule has 17 heavy (non-hydrogen) atoms. The predicted octanol–water partition coefficient (Wildman–Crippen LogP) is 4.26. The van der Waals surface area contributed by atoms with E-state index in [9.17, 15) is 0 Å². The van der Waals surface area contributed by atoms with Gasteiger partial charge in [0.25, 0.3) is 0 Å². The second-order valence-corrected chi connectivity index (χ2v) is 5.81. The normalized spacial score (nSPS) is 14.6. The van der Waals surface area contributed by atoms with Crippen LogP contribution in [-0.4, -0.2) is 13.1 Å². The van der Waals surface area contributed by atoms with E-state index in [-0.39, 0.29) is 0 Å². The maximum atomic E-state index is 3.62. The van der Waals surface area contributed by atoms with E-state index in [1.165, 1.54) is 16.5 Å². The van der Waals surface area contributed by atoms with E-state index in [0.717, 1.165) is 19.5 Å². The number of hydrogen-bond acceptors (Lipinski definition) is 1. The second kappa shape index (κ2) is 7.88. The molecule has 1 nitrogen and oxygen atoms in total. The van der Waals surface area contributed by atoms with Gasteiger partial charge in [-0.1, -0.05) is 54.9 Å². The van der Waals surface area contributed by atoms with Crippen LogP contribution in [0.25, 0.3) is 0 Å². The quantitative estimate of drug-likeness (QED) is 0.742. The summed E-state index contributed by atoms with van der Waals surface area (Å²) in [6.45, 7) is 9.15. The third-order valence-electron chi connectivity index (χ3n) is 3.36.